The molecule has 0 N–H and O–H groups in total. The van der Waals surface area contributed by atoms with Gasteiger partial charge < -0.3 is 0 Å². The molecule has 33 heavy (non-hydrogen) atoms. The van der Waals surface area contributed by atoms with Gasteiger partial charge in [0, 0.05) is 0 Å². The van der Waals surface area contributed by atoms with Gasteiger partial charge in [0.25, 0.3) is 0 Å². The first-order valence-corrected chi connectivity index (χ1v) is 7.97. The summed E-state index contributed by atoms with van der Waals surface area (Å²) in [4.78, 5) is 0. The molecule has 0 aromatic rings. The van der Waals surface area contributed by atoms with Crippen molar-refractivity contribution in [2.75, 3.05) is 6.61 Å². The smallest absolute Gasteiger partial charge is 0.256 e. The van der Waals surface area contributed by atoms with Gasteiger partial charge in [0.15, 0.2) is 6.61 Å². The lowest BCUT2D eigenvalue weighted by Gasteiger charge is -2.33. The predicted octanol–water partition coefficient (Wildman–Crippen LogP) is 5.09. The van der Waals surface area contributed by atoms with Gasteiger partial charge in [-0.3, -0.25) is 4.18 Å². The van der Waals surface area contributed by atoms with Gasteiger partial charge in [0.2, 0.25) is 0 Å². The molecule has 5 nitrogen and oxygen atoms in total. The fourth-order valence-corrected chi connectivity index (χ4v) is 2.10. The first-order valence-electron chi connectivity index (χ1n) is 6.56. The number of rotatable bonds is 10. The molecule has 0 bridgehead atoms. The molecule has 0 aromatic carbocycles. The molecule has 0 fully saturated rings. The molecule has 0 radical (unpaired) electrons. The highest BCUT2D eigenvalue weighted by Gasteiger charge is 2.86. The Morgan fingerprint density at radius 1 is 0.545 bits per heavy atom. The van der Waals surface area contributed by atoms with E-state index in [0.717, 1.165) is 0 Å². The van der Waals surface area contributed by atoms with Crippen molar-refractivity contribution in [3.63, 3.8) is 0 Å². The molecule has 0 heterocycles. The monoisotopic (exact) mass is 564 g/mol. The second kappa shape index (κ2) is 8.35. The van der Waals surface area contributed by atoms with Crippen LogP contribution in [0.2, 0.25) is 0 Å². The van der Waals surface area contributed by atoms with E-state index in [1.165, 1.54) is 4.74 Å². The van der Waals surface area contributed by atoms with Crippen molar-refractivity contribution in [3.8, 4) is 0 Å². The maximum atomic E-state index is 13.2. The second-order valence-electron chi connectivity index (χ2n) is 5.20. The third-order valence-electron chi connectivity index (χ3n) is 2.67. The molecule has 0 aliphatic heterocycles. The summed E-state index contributed by atoms with van der Waals surface area (Å²) in [7, 11) is -8.08. The van der Waals surface area contributed by atoms with E-state index in [-0.39, 0.29) is 0 Å². The van der Waals surface area contributed by atoms with Crippen molar-refractivity contribution in [1.82, 2.24) is 0 Å². The van der Waals surface area contributed by atoms with Crippen molar-refractivity contribution >= 4 is 10.1 Å². The molecule has 0 unspecified atom stereocenters. The van der Waals surface area contributed by atoms with Crippen molar-refractivity contribution in [3.05, 3.63) is 0 Å². The minimum Gasteiger partial charge on any atom is -0.256 e. The van der Waals surface area contributed by atoms with E-state index >= 15 is 0 Å². The minimum atomic E-state index is -8.08. The van der Waals surface area contributed by atoms with Gasteiger partial charge in [-0.15, -0.1) is 13.2 Å². The van der Waals surface area contributed by atoms with E-state index in [0.29, 0.717) is 0 Å². The number of hydrogen-bond donors (Lipinski definition) is 0. The fourth-order valence-electron chi connectivity index (χ4n) is 1.22. The van der Waals surface area contributed by atoms with Gasteiger partial charge in [-0.2, -0.15) is 74.3 Å². The molecule has 0 saturated carbocycles. The summed E-state index contributed by atoms with van der Waals surface area (Å²) < 4.78 is 251. The van der Waals surface area contributed by atoms with E-state index in [1.807, 2.05) is 0 Å². The normalized spacial score (nSPS) is 16.3. The van der Waals surface area contributed by atoms with E-state index in [9.17, 15) is 87.4 Å². The Labute approximate surface area is 167 Å². The summed E-state index contributed by atoms with van der Waals surface area (Å²) in [6.45, 7) is -3.85. The molecule has 200 valence electrons. The Morgan fingerprint density at radius 3 is 1.24 bits per heavy atom. The topological polar surface area (TPSA) is 61.8 Å². The Bertz CT molecular complexity index is 795. The largest absolute Gasteiger partial charge is 0.527 e. The maximum Gasteiger partial charge on any atom is 0.527 e. The summed E-state index contributed by atoms with van der Waals surface area (Å²) in [6.07, 6.45) is -34.8. The average molecular weight is 564 g/mol. The molecule has 0 aliphatic carbocycles. The molecular formula is C9H2F18O5S. The fraction of sp³-hybridized carbons (Fsp3) is 1.00. The number of hydrogen-bond acceptors (Lipinski definition) is 5. The SMILES string of the molecule is O=S(=O)(OCC(F)(F)OC(F)(F)C(F)(F)OC(F)(F)F)C(F)(F)C(F)(F)C(F)(F)C(F)(F)F. The van der Waals surface area contributed by atoms with Crippen LogP contribution < -0.4 is 0 Å². The maximum absolute atomic E-state index is 13.2. The van der Waals surface area contributed by atoms with E-state index < -0.39 is 64.7 Å². The van der Waals surface area contributed by atoms with E-state index in [1.54, 1.807) is 4.74 Å². The predicted molar refractivity (Wildman–Crippen MR) is 58.8 cm³/mol. The zero-order valence-electron chi connectivity index (χ0n) is 14.0. The highest BCUT2D eigenvalue weighted by Crippen LogP contribution is 2.55. The van der Waals surface area contributed by atoms with Crippen LogP contribution in [0, 0.1) is 0 Å². The lowest BCUT2D eigenvalue weighted by molar-refractivity contribution is -0.529. The van der Waals surface area contributed by atoms with Gasteiger partial charge in [-0.05, 0) is 0 Å². The Balaban J connectivity index is 5.82. The molecule has 0 spiro atoms. The molecule has 0 rings (SSSR count). The molecular weight excluding hydrogens is 562 g/mol. The molecule has 0 saturated heterocycles. The number of halogens is 18. The zero-order chi connectivity index (χ0) is 27.3. The minimum absolute atomic E-state index is 1.44. The quantitative estimate of drug-likeness (QED) is 0.274. The first-order chi connectivity index (χ1) is 13.9. The van der Waals surface area contributed by atoms with Crippen LogP contribution in [0.4, 0.5) is 79.0 Å². The second-order valence-corrected chi connectivity index (χ2v) is 6.86. The highest BCUT2D eigenvalue weighted by atomic mass is 32.2. The van der Waals surface area contributed by atoms with Crippen molar-refractivity contribution in [1.29, 1.82) is 0 Å². The van der Waals surface area contributed by atoms with Crippen LogP contribution in [0.3, 0.4) is 0 Å². The first kappa shape index (κ1) is 31.6. The zero-order valence-corrected chi connectivity index (χ0v) is 14.8. The third-order valence-corrected chi connectivity index (χ3v) is 3.98. The molecule has 0 atom stereocenters. The van der Waals surface area contributed by atoms with Crippen LogP contribution in [0.5, 0.6) is 0 Å². The van der Waals surface area contributed by atoms with Crippen LogP contribution in [-0.4, -0.2) is 63.0 Å². The van der Waals surface area contributed by atoms with Crippen molar-refractivity contribution < 1.29 is 101 Å². The van der Waals surface area contributed by atoms with Crippen LogP contribution in [-0.2, 0) is 23.8 Å². The van der Waals surface area contributed by atoms with Gasteiger partial charge in [-0.1, -0.05) is 0 Å². The van der Waals surface area contributed by atoms with Crippen LogP contribution in [0.25, 0.3) is 0 Å². The molecule has 24 heteroatoms. The average Bonchev–Trinajstić information content (AvgIpc) is 2.48. The Hall–Kier alpha value is -1.43. The summed E-state index contributed by atoms with van der Waals surface area (Å²) in [5, 5.41) is -7.75. The third kappa shape index (κ3) is 6.37. The lowest BCUT2D eigenvalue weighted by atomic mass is 10.1. The Kier molecular flexibility index (Phi) is 7.99. The van der Waals surface area contributed by atoms with Gasteiger partial charge >= 0.3 is 58.1 Å². The van der Waals surface area contributed by atoms with Gasteiger partial charge in [-0.25, -0.2) is 9.47 Å². The summed E-state index contributed by atoms with van der Waals surface area (Å²) in [6, 6.07) is 0. The van der Waals surface area contributed by atoms with Crippen molar-refractivity contribution in [2.45, 2.75) is 48.0 Å². The molecule has 0 aliphatic rings. The summed E-state index contributed by atoms with van der Waals surface area (Å²) in [5.41, 5.74) is 0. The Morgan fingerprint density at radius 2 is 0.909 bits per heavy atom. The summed E-state index contributed by atoms with van der Waals surface area (Å²) in [5.74, 6) is -15.9. The van der Waals surface area contributed by atoms with Crippen molar-refractivity contribution in [2.24, 2.45) is 0 Å². The van der Waals surface area contributed by atoms with Crippen LogP contribution >= 0.6 is 0 Å². The number of alkyl halides is 18. The molecule has 0 aromatic heterocycles. The standard InChI is InChI=1S/C9H2F18O5S/c10-2(11,31-6(19,20)7(21,22)32-9(25,26)27)1-30-33(28,29)8(23,24)4(14,15)3(12,13)5(16,17)18/h1H2. The molecule has 0 amide bonds. The lowest BCUT2D eigenvalue weighted by Crippen LogP contribution is -2.63. The summed E-state index contributed by atoms with van der Waals surface area (Å²) >= 11 is 0. The van der Waals surface area contributed by atoms with Gasteiger partial charge in [0.1, 0.15) is 0 Å². The van der Waals surface area contributed by atoms with Gasteiger partial charge in [0.05, 0.1) is 0 Å². The van der Waals surface area contributed by atoms with E-state index in [2.05, 4.69) is 4.18 Å². The van der Waals surface area contributed by atoms with Crippen LogP contribution in [0.15, 0.2) is 0 Å². The van der Waals surface area contributed by atoms with E-state index in [4.69, 9.17) is 0 Å². The number of ether oxygens (including phenoxy) is 2. The highest BCUT2D eigenvalue weighted by molar-refractivity contribution is 7.87. The van der Waals surface area contributed by atoms with Crippen LogP contribution in [0.1, 0.15) is 0 Å².